The van der Waals surface area contributed by atoms with Gasteiger partial charge >= 0.3 is 0 Å². The van der Waals surface area contributed by atoms with Crippen LogP contribution in [0.5, 0.6) is 0 Å². The molecule has 2 aromatic heterocycles. The number of amides is 1. The van der Waals surface area contributed by atoms with Gasteiger partial charge in [-0.05, 0) is 26.8 Å². The fourth-order valence-corrected chi connectivity index (χ4v) is 5.29. The summed E-state index contributed by atoms with van der Waals surface area (Å²) in [5.41, 5.74) is 5.64. The summed E-state index contributed by atoms with van der Waals surface area (Å²) in [5, 5.41) is 4.00. The van der Waals surface area contributed by atoms with Crippen molar-refractivity contribution in [2.75, 3.05) is 13.1 Å². The van der Waals surface area contributed by atoms with E-state index in [-0.39, 0.29) is 23.2 Å². The lowest BCUT2D eigenvalue weighted by Gasteiger charge is -2.38. The molecule has 2 unspecified atom stereocenters. The van der Waals surface area contributed by atoms with Crippen LogP contribution < -0.4 is 5.73 Å². The maximum absolute atomic E-state index is 12.0. The van der Waals surface area contributed by atoms with Gasteiger partial charge in [-0.25, -0.2) is 9.97 Å². The lowest BCUT2D eigenvalue weighted by Crippen LogP contribution is -2.46. The number of likely N-dealkylation sites (tertiary alicyclic amines) is 1. The van der Waals surface area contributed by atoms with Crippen LogP contribution in [0.25, 0.3) is 0 Å². The van der Waals surface area contributed by atoms with E-state index in [1.807, 2.05) is 6.20 Å². The van der Waals surface area contributed by atoms with Gasteiger partial charge < -0.3 is 15.1 Å². The first kappa shape index (κ1) is 21.3. The molecule has 2 aromatic rings. The number of piperidine rings is 1. The van der Waals surface area contributed by atoms with Gasteiger partial charge in [0.2, 0.25) is 11.8 Å². The molecule has 0 radical (unpaired) electrons. The summed E-state index contributed by atoms with van der Waals surface area (Å²) in [5.74, 6) is 1.96. The van der Waals surface area contributed by atoms with Gasteiger partial charge in [-0.15, -0.1) is 11.3 Å². The molecule has 1 aliphatic heterocycles. The van der Waals surface area contributed by atoms with Crippen molar-refractivity contribution in [3.63, 3.8) is 0 Å². The fraction of sp³-hybridized carbons (Fsp3) is 0.650. The lowest BCUT2D eigenvalue weighted by molar-refractivity contribution is -0.124. The Kier molecular flexibility index (Phi) is 6.51. The summed E-state index contributed by atoms with van der Waals surface area (Å²) < 4.78 is 5.86. The van der Waals surface area contributed by atoms with E-state index in [1.54, 1.807) is 23.1 Å². The average molecular weight is 423 g/mol. The van der Waals surface area contributed by atoms with Gasteiger partial charge in [0.25, 0.3) is 0 Å². The summed E-state index contributed by atoms with van der Waals surface area (Å²) in [6.07, 6.45) is 2.61. The van der Waals surface area contributed by atoms with Crippen molar-refractivity contribution in [1.29, 1.82) is 0 Å². The second-order valence-corrected chi connectivity index (χ2v) is 10.6. The Bertz CT molecular complexity index is 809. The van der Waals surface area contributed by atoms with Crippen LogP contribution in [0.4, 0.5) is 0 Å². The Balaban J connectivity index is 1.68. The minimum atomic E-state index is -0.215. The average Bonchev–Trinajstić information content (AvgIpc) is 3.28. The fourth-order valence-electron chi connectivity index (χ4n) is 3.41. The minimum Gasteiger partial charge on any atom is -0.444 e. The number of carbonyl (C=O) groups is 1. The highest BCUT2D eigenvalue weighted by Gasteiger charge is 2.36. The van der Waals surface area contributed by atoms with Gasteiger partial charge in [-0.3, -0.25) is 4.79 Å². The van der Waals surface area contributed by atoms with Crippen LogP contribution >= 0.6 is 23.1 Å². The van der Waals surface area contributed by atoms with Gasteiger partial charge in [0.1, 0.15) is 10.8 Å². The number of thioether (sulfide) groups is 1. The first-order valence-corrected chi connectivity index (χ1v) is 11.6. The molecule has 0 aliphatic carbocycles. The number of rotatable bonds is 6. The predicted octanol–water partition coefficient (Wildman–Crippen LogP) is 4.02. The summed E-state index contributed by atoms with van der Waals surface area (Å²) in [6.45, 7) is 12.4. The van der Waals surface area contributed by atoms with Crippen molar-refractivity contribution in [2.45, 2.75) is 69.2 Å². The quantitative estimate of drug-likeness (QED) is 0.708. The van der Waals surface area contributed by atoms with E-state index in [1.165, 1.54) is 0 Å². The number of nitrogens with zero attached hydrogens (tertiary/aromatic N) is 3. The molecule has 3 heterocycles. The third-order valence-electron chi connectivity index (χ3n) is 5.19. The van der Waals surface area contributed by atoms with Gasteiger partial charge in [0.05, 0.1) is 17.0 Å². The van der Waals surface area contributed by atoms with Gasteiger partial charge in [0.15, 0.2) is 0 Å². The summed E-state index contributed by atoms with van der Waals surface area (Å²) in [7, 11) is 0. The molecule has 6 nitrogen and oxygen atoms in total. The van der Waals surface area contributed by atoms with Crippen LogP contribution in [0.3, 0.4) is 0 Å². The molecule has 154 valence electrons. The Morgan fingerprint density at radius 1 is 1.46 bits per heavy atom. The number of thiazole rings is 1. The third-order valence-corrected chi connectivity index (χ3v) is 7.22. The van der Waals surface area contributed by atoms with Crippen LogP contribution in [-0.2, 0) is 16.0 Å². The molecule has 1 fully saturated rings. The first-order valence-electron chi connectivity index (χ1n) is 9.72. The van der Waals surface area contributed by atoms with Crippen molar-refractivity contribution in [3.8, 4) is 0 Å². The molecular weight excluding hydrogens is 392 g/mol. The van der Waals surface area contributed by atoms with Crippen molar-refractivity contribution < 1.29 is 9.21 Å². The van der Waals surface area contributed by atoms with Crippen molar-refractivity contribution in [2.24, 2.45) is 11.7 Å². The largest absolute Gasteiger partial charge is 0.444 e. The number of nitrogens with two attached hydrogens (primary N) is 1. The van der Waals surface area contributed by atoms with Crippen molar-refractivity contribution in [1.82, 2.24) is 14.9 Å². The Labute approximate surface area is 175 Å². The number of hydrogen-bond acceptors (Lipinski definition) is 7. The topological polar surface area (TPSA) is 85.2 Å². The zero-order valence-corrected chi connectivity index (χ0v) is 18.9. The molecule has 3 rings (SSSR count). The Morgan fingerprint density at radius 2 is 2.21 bits per heavy atom. The zero-order chi connectivity index (χ0) is 20.5. The smallest absolute Gasteiger partial charge is 0.221 e. The van der Waals surface area contributed by atoms with Crippen LogP contribution in [0.1, 0.15) is 63.6 Å². The second-order valence-electron chi connectivity index (χ2n) is 8.67. The normalized spacial score (nSPS) is 21.4. The monoisotopic (exact) mass is 422 g/mol. The van der Waals surface area contributed by atoms with E-state index in [9.17, 15) is 4.79 Å². The molecule has 28 heavy (non-hydrogen) atoms. The molecular formula is C20H30N4O2S2. The lowest BCUT2D eigenvalue weighted by atomic mass is 9.85. The summed E-state index contributed by atoms with van der Waals surface area (Å²) >= 11 is 3.23. The van der Waals surface area contributed by atoms with Gasteiger partial charge in [0, 0.05) is 35.2 Å². The maximum Gasteiger partial charge on any atom is 0.221 e. The number of primary amides is 1. The molecule has 0 spiro atoms. The highest BCUT2D eigenvalue weighted by Crippen LogP contribution is 2.37. The highest BCUT2D eigenvalue weighted by atomic mass is 32.2. The minimum absolute atomic E-state index is 0.0449. The zero-order valence-electron chi connectivity index (χ0n) is 17.3. The molecule has 1 amide bonds. The summed E-state index contributed by atoms with van der Waals surface area (Å²) in [4.78, 5) is 23.6. The van der Waals surface area contributed by atoms with Gasteiger partial charge in [-0.2, -0.15) is 0 Å². The second kappa shape index (κ2) is 8.55. The standard InChI is InChI=1S/C20H30N4O2S2/c1-12(2)24-7-6-13(18(21)25)14(9-24)19-23-17(11-28-19)27-10-16-22-8-15(26-16)20(3,4)5/h8,11-14H,6-7,9-10H2,1-5H3,(H2,21,25). The molecule has 0 bridgehead atoms. The number of hydrogen-bond donors (Lipinski definition) is 1. The van der Waals surface area contributed by atoms with E-state index in [2.05, 4.69) is 49.9 Å². The van der Waals surface area contributed by atoms with Crippen LogP contribution in [0.2, 0.25) is 0 Å². The number of oxazole rings is 1. The van der Waals surface area contributed by atoms with Crippen molar-refractivity contribution >= 4 is 29.0 Å². The number of carbonyl (C=O) groups excluding carboxylic acids is 1. The summed E-state index contributed by atoms with van der Waals surface area (Å²) in [6, 6.07) is 0.451. The molecule has 8 heteroatoms. The van der Waals surface area contributed by atoms with E-state index in [0.29, 0.717) is 17.7 Å². The predicted molar refractivity (Wildman–Crippen MR) is 114 cm³/mol. The van der Waals surface area contributed by atoms with E-state index in [0.717, 1.165) is 35.3 Å². The molecule has 0 aromatic carbocycles. The molecule has 1 aliphatic rings. The van der Waals surface area contributed by atoms with Gasteiger partial charge in [-0.1, -0.05) is 32.5 Å². The molecule has 0 saturated carbocycles. The highest BCUT2D eigenvalue weighted by molar-refractivity contribution is 7.98. The van der Waals surface area contributed by atoms with Crippen molar-refractivity contribution in [3.05, 3.63) is 28.2 Å². The van der Waals surface area contributed by atoms with Crippen LogP contribution in [0, 0.1) is 5.92 Å². The Morgan fingerprint density at radius 3 is 2.82 bits per heavy atom. The molecule has 2 N–H and O–H groups in total. The van der Waals surface area contributed by atoms with Crippen LogP contribution in [-0.4, -0.2) is 39.9 Å². The number of aromatic nitrogens is 2. The van der Waals surface area contributed by atoms with Crippen LogP contribution in [0.15, 0.2) is 21.0 Å². The molecule has 2 atom stereocenters. The molecule has 1 saturated heterocycles. The maximum atomic E-state index is 12.0. The SMILES string of the molecule is CC(C)N1CCC(C(N)=O)C(c2nc(SCc3ncc(C(C)(C)C)o3)cs2)C1. The van der Waals surface area contributed by atoms with E-state index >= 15 is 0 Å². The third kappa shape index (κ3) is 4.96. The Hall–Kier alpha value is -1.38. The van der Waals surface area contributed by atoms with E-state index < -0.39 is 0 Å². The first-order chi connectivity index (χ1) is 13.1. The van der Waals surface area contributed by atoms with E-state index in [4.69, 9.17) is 15.1 Å².